The largest absolute Gasteiger partial charge is 0.339 e. The molecule has 160 valence electrons. The smallest absolute Gasteiger partial charge is 0.283 e. The third kappa shape index (κ3) is 5.58. The van der Waals surface area contributed by atoms with Crippen LogP contribution in [0.15, 0.2) is 58.3 Å². The van der Waals surface area contributed by atoms with Gasteiger partial charge in [0.25, 0.3) is 5.69 Å². The monoisotopic (exact) mass is 439 g/mol. The van der Waals surface area contributed by atoms with E-state index >= 15 is 0 Å². The number of hydrogen-bond acceptors (Lipinski definition) is 6. The molecule has 9 heteroatoms. The fourth-order valence-corrected chi connectivity index (χ4v) is 4.16. The van der Waals surface area contributed by atoms with Crippen LogP contribution in [0, 0.1) is 10.1 Å². The molecule has 0 unspecified atom stereocenters. The molecule has 1 aliphatic rings. The Kier molecular flexibility index (Phi) is 7.19. The lowest BCUT2D eigenvalue weighted by atomic mass is 10.2. The molecule has 0 N–H and O–H groups in total. The summed E-state index contributed by atoms with van der Waals surface area (Å²) in [5.41, 5.74) is 0.882. The van der Waals surface area contributed by atoms with Crippen molar-refractivity contribution in [2.24, 2.45) is 0 Å². The Labute approximate surface area is 183 Å². The first-order chi connectivity index (χ1) is 14.9. The Morgan fingerprint density at radius 3 is 2.35 bits per heavy atom. The first-order valence-electron chi connectivity index (χ1n) is 9.62. The van der Waals surface area contributed by atoms with Crippen LogP contribution in [0.4, 0.5) is 5.69 Å². The van der Waals surface area contributed by atoms with E-state index in [0.717, 1.165) is 11.8 Å². The number of nitro groups is 1. The molecule has 31 heavy (non-hydrogen) atoms. The predicted octanol–water partition coefficient (Wildman–Crippen LogP) is 3.26. The van der Waals surface area contributed by atoms with Gasteiger partial charge in [-0.2, -0.15) is 0 Å². The summed E-state index contributed by atoms with van der Waals surface area (Å²) in [7, 11) is 0. The summed E-state index contributed by atoms with van der Waals surface area (Å²) in [5.74, 6) is -0.215. The average molecular weight is 439 g/mol. The van der Waals surface area contributed by atoms with Crippen LogP contribution in [-0.4, -0.2) is 59.0 Å². The maximum atomic E-state index is 12.4. The topological polar surface area (TPSA) is 101 Å². The van der Waals surface area contributed by atoms with E-state index in [1.165, 1.54) is 19.1 Å². The Morgan fingerprint density at radius 2 is 1.71 bits per heavy atom. The highest BCUT2D eigenvalue weighted by Gasteiger charge is 2.21. The third-order valence-electron chi connectivity index (χ3n) is 4.90. The molecular weight excluding hydrogens is 418 g/mol. The van der Waals surface area contributed by atoms with Gasteiger partial charge in [-0.3, -0.25) is 24.5 Å². The van der Waals surface area contributed by atoms with Gasteiger partial charge >= 0.3 is 0 Å². The van der Waals surface area contributed by atoms with Gasteiger partial charge in [-0.15, -0.1) is 0 Å². The van der Waals surface area contributed by atoms with E-state index in [9.17, 15) is 24.5 Å². The molecule has 2 amide bonds. The molecule has 0 aromatic heterocycles. The van der Waals surface area contributed by atoms with Crippen molar-refractivity contribution in [3.05, 3.63) is 69.8 Å². The van der Waals surface area contributed by atoms with Gasteiger partial charge in [0.15, 0.2) is 6.29 Å². The van der Waals surface area contributed by atoms with Gasteiger partial charge < -0.3 is 9.80 Å². The lowest BCUT2D eigenvalue weighted by Crippen LogP contribution is -2.49. The van der Waals surface area contributed by atoms with Gasteiger partial charge in [0.1, 0.15) is 0 Å². The molecule has 2 aromatic rings. The predicted molar refractivity (Wildman–Crippen MR) is 117 cm³/mol. The van der Waals surface area contributed by atoms with E-state index in [2.05, 4.69) is 0 Å². The fraction of sp³-hybridized carbons (Fsp3) is 0.227. The maximum absolute atomic E-state index is 12.4. The number of amides is 2. The van der Waals surface area contributed by atoms with E-state index in [1.807, 2.05) is 0 Å². The Bertz CT molecular complexity index is 1050. The van der Waals surface area contributed by atoms with Crippen LogP contribution in [0.25, 0.3) is 6.08 Å². The number of aldehydes is 1. The van der Waals surface area contributed by atoms with Crippen LogP contribution < -0.4 is 0 Å². The molecule has 1 saturated heterocycles. The van der Waals surface area contributed by atoms with Crippen molar-refractivity contribution in [2.45, 2.75) is 16.7 Å². The van der Waals surface area contributed by atoms with Crippen molar-refractivity contribution in [1.82, 2.24) is 9.80 Å². The highest BCUT2D eigenvalue weighted by atomic mass is 32.2. The zero-order chi connectivity index (χ0) is 22.4. The number of hydrogen-bond donors (Lipinski definition) is 0. The highest BCUT2D eigenvalue weighted by Crippen LogP contribution is 2.36. The molecule has 1 heterocycles. The number of benzene rings is 2. The van der Waals surface area contributed by atoms with E-state index in [-0.39, 0.29) is 17.5 Å². The molecule has 3 rings (SSSR count). The molecule has 1 aliphatic heterocycles. The fourth-order valence-electron chi connectivity index (χ4n) is 3.17. The van der Waals surface area contributed by atoms with Crippen LogP contribution >= 0.6 is 11.8 Å². The Morgan fingerprint density at radius 1 is 1.03 bits per heavy atom. The summed E-state index contributed by atoms with van der Waals surface area (Å²) >= 11 is 1.15. The number of rotatable bonds is 6. The summed E-state index contributed by atoms with van der Waals surface area (Å²) in [5, 5.41) is 11.6. The number of carbonyl (C=O) groups is 3. The van der Waals surface area contributed by atoms with Crippen molar-refractivity contribution < 1.29 is 19.3 Å². The second-order valence-corrected chi connectivity index (χ2v) is 7.99. The molecule has 2 aromatic carbocycles. The molecular formula is C22H21N3O5S. The summed E-state index contributed by atoms with van der Waals surface area (Å²) in [6.07, 6.45) is 3.64. The van der Waals surface area contributed by atoms with Crippen molar-refractivity contribution >= 4 is 41.6 Å². The highest BCUT2D eigenvalue weighted by molar-refractivity contribution is 7.99. The molecule has 0 saturated carbocycles. The van der Waals surface area contributed by atoms with Crippen LogP contribution in [0.2, 0.25) is 0 Å². The zero-order valence-corrected chi connectivity index (χ0v) is 17.7. The minimum Gasteiger partial charge on any atom is -0.339 e. The standard InChI is InChI=1S/C22H21N3O5S/c1-16(27)23-10-12-24(13-11-23)22(28)9-7-17-6-8-21(19(14-17)25(29)30)31-20-5-3-2-4-18(20)15-26/h2-9,14-15H,10-13H2,1H3/b9-7+. The van der Waals surface area contributed by atoms with E-state index in [1.54, 1.807) is 52.3 Å². The minimum absolute atomic E-state index is 0.0105. The van der Waals surface area contributed by atoms with Gasteiger partial charge in [0, 0.05) is 55.7 Å². The van der Waals surface area contributed by atoms with Gasteiger partial charge in [0.2, 0.25) is 11.8 Å². The van der Waals surface area contributed by atoms with Crippen LogP contribution in [0.5, 0.6) is 0 Å². The SMILES string of the molecule is CC(=O)N1CCN(C(=O)/C=C/c2ccc(Sc3ccccc3C=O)c([N+](=O)[O-])c2)CC1. The Balaban J connectivity index is 1.73. The maximum Gasteiger partial charge on any atom is 0.283 e. The summed E-state index contributed by atoms with van der Waals surface area (Å²) in [4.78, 5) is 50.5. The molecule has 1 fully saturated rings. The Hall–Kier alpha value is -3.46. The first kappa shape index (κ1) is 22.2. The average Bonchev–Trinajstić information content (AvgIpc) is 2.78. The van der Waals surface area contributed by atoms with E-state index in [4.69, 9.17) is 0 Å². The molecule has 8 nitrogen and oxygen atoms in total. The summed E-state index contributed by atoms with van der Waals surface area (Å²) in [6, 6.07) is 11.6. The normalized spacial score (nSPS) is 14.0. The van der Waals surface area contributed by atoms with Crippen LogP contribution in [-0.2, 0) is 9.59 Å². The molecule has 0 bridgehead atoms. The quantitative estimate of drug-likeness (QED) is 0.296. The van der Waals surface area contributed by atoms with Crippen LogP contribution in [0.3, 0.4) is 0 Å². The lowest BCUT2D eigenvalue weighted by molar-refractivity contribution is -0.387. The number of nitro benzene ring substituents is 1. The van der Waals surface area contributed by atoms with E-state index < -0.39 is 4.92 Å². The number of piperazine rings is 1. The second-order valence-electron chi connectivity index (χ2n) is 6.91. The van der Waals surface area contributed by atoms with Gasteiger partial charge in [-0.25, -0.2) is 0 Å². The molecule has 0 aliphatic carbocycles. The molecule has 0 radical (unpaired) electrons. The van der Waals surface area contributed by atoms with Crippen LogP contribution in [0.1, 0.15) is 22.8 Å². The summed E-state index contributed by atoms with van der Waals surface area (Å²) < 4.78 is 0. The second kappa shape index (κ2) is 10.0. The third-order valence-corrected chi connectivity index (χ3v) is 6.06. The van der Waals surface area contributed by atoms with Gasteiger partial charge in [0.05, 0.1) is 9.82 Å². The molecule has 0 spiro atoms. The zero-order valence-electron chi connectivity index (χ0n) is 16.9. The van der Waals surface area contributed by atoms with Crippen molar-refractivity contribution in [3.8, 4) is 0 Å². The van der Waals surface area contributed by atoms with Gasteiger partial charge in [-0.1, -0.05) is 36.0 Å². The summed E-state index contributed by atoms with van der Waals surface area (Å²) in [6.45, 7) is 3.40. The number of carbonyl (C=O) groups excluding carboxylic acids is 3. The van der Waals surface area contributed by atoms with E-state index in [0.29, 0.717) is 53.4 Å². The van der Waals surface area contributed by atoms with Crippen molar-refractivity contribution in [1.29, 1.82) is 0 Å². The van der Waals surface area contributed by atoms with Gasteiger partial charge in [-0.05, 0) is 23.8 Å². The number of nitrogens with zero attached hydrogens (tertiary/aromatic N) is 3. The first-order valence-corrected chi connectivity index (χ1v) is 10.4. The van der Waals surface area contributed by atoms with Crippen molar-refractivity contribution in [3.63, 3.8) is 0 Å². The minimum atomic E-state index is -0.480. The molecule has 0 atom stereocenters. The van der Waals surface area contributed by atoms with Crippen molar-refractivity contribution in [2.75, 3.05) is 26.2 Å². The lowest BCUT2D eigenvalue weighted by Gasteiger charge is -2.33.